The second kappa shape index (κ2) is 5.41. The molecule has 0 aliphatic heterocycles. The number of carbonyl (C=O) groups excluding carboxylic acids is 1. The topological polar surface area (TPSA) is 29.1 Å². The molecule has 2 fully saturated rings. The van der Waals surface area contributed by atoms with Crippen molar-refractivity contribution >= 4 is 5.91 Å². The molecule has 98 valence electrons. The minimum Gasteiger partial charge on any atom is -0.353 e. The number of nitrogens with one attached hydrogen (secondary N) is 1. The highest BCUT2D eigenvalue weighted by Gasteiger charge is 2.32. The molecular weight excluding hydrogens is 210 g/mol. The summed E-state index contributed by atoms with van der Waals surface area (Å²) in [6, 6.07) is 0.446. The van der Waals surface area contributed by atoms with Crippen LogP contribution in [-0.2, 0) is 4.79 Å². The van der Waals surface area contributed by atoms with Crippen LogP contribution in [-0.4, -0.2) is 11.9 Å². The zero-order valence-corrected chi connectivity index (χ0v) is 11.4. The van der Waals surface area contributed by atoms with E-state index >= 15 is 0 Å². The minimum atomic E-state index is 0.294. The van der Waals surface area contributed by atoms with Gasteiger partial charge in [0, 0.05) is 12.5 Å². The summed E-state index contributed by atoms with van der Waals surface area (Å²) in [5, 5.41) is 3.28. The molecule has 1 N–H and O–H groups in total. The lowest BCUT2D eigenvalue weighted by molar-refractivity contribution is -0.124. The molecule has 2 nitrogen and oxygen atoms in total. The fourth-order valence-corrected chi connectivity index (χ4v) is 3.58. The zero-order valence-electron chi connectivity index (χ0n) is 11.4. The molecule has 2 rings (SSSR count). The Balaban J connectivity index is 1.80. The maximum Gasteiger partial charge on any atom is 0.220 e. The minimum absolute atomic E-state index is 0.294. The van der Waals surface area contributed by atoms with Gasteiger partial charge in [0.05, 0.1) is 0 Å². The Hall–Kier alpha value is -0.530. The molecule has 2 aliphatic rings. The van der Waals surface area contributed by atoms with Gasteiger partial charge in [-0.2, -0.15) is 0 Å². The number of hydrogen-bond donors (Lipinski definition) is 1. The smallest absolute Gasteiger partial charge is 0.220 e. The Morgan fingerprint density at radius 3 is 2.47 bits per heavy atom. The predicted octanol–water partition coefficient (Wildman–Crippen LogP) is 3.65. The van der Waals surface area contributed by atoms with Crippen LogP contribution in [0.5, 0.6) is 0 Å². The third kappa shape index (κ3) is 3.46. The monoisotopic (exact) mass is 237 g/mol. The molecule has 0 aromatic heterocycles. The van der Waals surface area contributed by atoms with Crippen LogP contribution in [0, 0.1) is 11.3 Å². The molecule has 0 heterocycles. The fourth-order valence-electron chi connectivity index (χ4n) is 3.58. The van der Waals surface area contributed by atoms with Crippen molar-refractivity contribution in [3.8, 4) is 0 Å². The SMILES string of the molecule is C[C@@H]1CCCC[C@@H]1NC(=O)CC1(C)CCCC1. The Kier molecular flexibility index (Phi) is 4.11. The van der Waals surface area contributed by atoms with Gasteiger partial charge in [-0.3, -0.25) is 4.79 Å². The van der Waals surface area contributed by atoms with Gasteiger partial charge in [0.1, 0.15) is 0 Å². The summed E-state index contributed by atoms with van der Waals surface area (Å²) >= 11 is 0. The first-order valence-corrected chi connectivity index (χ1v) is 7.38. The lowest BCUT2D eigenvalue weighted by Crippen LogP contribution is -2.42. The van der Waals surface area contributed by atoms with Crippen LogP contribution in [0.4, 0.5) is 0 Å². The van der Waals surface area contributed by atoms with Crippen LogP contribution in [0.3, 0.4) is 0 Å². The molecule has 2 atom stereocenters. The Labute approximate surface area is 106 Å². The fraction of sp³-hybridized carbons (Fsp3) is 0.933. The molecule has 2 saturated carbocycles. The maximum atomic E-state index is 12.1. The third-order valence-electron chi connectivity index (χ3n) is 4.86. The van der Waals surface area contributed by atoms with E-state index in [-0.39, 0.29) is 0 Å². The average molecular weight is 237 g/mol. The molecule has 0 bridgehead atoms. The van der Waals surface area contributed by atoms with E-state index in [1.165, 1.54) is 51.4 Å². The van der Waals surface area contributed by atoms with Crippen molar-refractivity contribution in [1.82, 2.24) is 5.32 Å². The van der Waals surface area contributed by atoms with E-state index in [4.69, 9.17) is 0 Å². The van der Waals surface area contributed by atoms with Crippen LogP contribution in [0.15, 0.2) is 0 Å². The quantitative estimate of drug-likeness (QED) is 0.797. The lowest BCUT2D eigenvalue weighted by atomic mass is 9.83. The van der Waals surface area contributed by atoms with Gasteiger partial charge < -0.3 is 5.32 Å². The van der Waals surface area contributed by atoms with Crippen LogP contribution in [0.2, 0.25) is 0 Å². The molecule has 0 aromatic carbocycles. The standard InChI is InChI=1S/C15H27NO/c1-12-7-3-4-8-13(12)16-14(17)11-15(2)9-5-6-10-15/h12-13H,3-11H2,1-2H3,(H,16,17)/t12-,13+/m1/s1. The Morgan fingerprint density at radius 1 is 1.18 bits per heavy atom. The van der Waals surface area contributed by atoms with Crippen molar-refractivity contribution in [3.63, 3.8) is 0 Å². The van der Waals surface area contributed by atoms with Crippen LogP contribution in [0.25, 0.3) is 0 Å². The van der Waals surface area contributed by atoms with E-state index in [2.05, 4.69) is 19.2 Å². The number of amides is 1. The van der Waals surface area contributed by atoms with Crippen LogP contribution >= 0.6 is 0 Å². The van der Waals surface area contributed by atoms with Gasteiger partial charge in [-0.15, -0.1) is 0 Å². The summed E-state index contributed by atoms with van der Waals surface area (Å²) in [6.07, 6.45) is 10.9. The molecule has 0 unspecified atom stereocenters. The molecule has 17 heavy (non-hydrogen) atoms. The molecule has 1 amide bonds. The van der Waals surface area contributed by atoms with E-state index in [9.17, 15) is 4.79 Å². The van der Waals surface area contributed by atoms with Crippen molar-refractivity contribution in [2.45, 2.75) is 77.7 Å². The normalized spacial score (nSPS) is 32.4. The van der Waals surface area contributed by atoms with Crippen LogP contribution < -0.4 is 5.32 Å². The Bertz CT molecular complexity index is 268. The Morgan fingerprint density at radius 2 is 1.82 bits per heavy atom. The van der Waals surface area contributed by atoms with E-state index < -0.39 is 0 Å². The highest BCUT2D eigenvalue weighted by molar-refractivity contribution is 5.77. The van der Waals surface area contributed by atoms with Crippen molar-refractivity contribution in [2.75, 3.05) is 0 Å². The average Bonchev–Trinajstić information content (AvgIpc) is 2.68. The van der Waals surface area contributed by atoms with E-state index in [0.29, 0.717) is 23.3 Å². The van der Waals surface area contributed by atoms with Crippen molar-refractivity contribution in [2.24, 2.45) is 11.3 Å². The van der Waals surface area contributed by atoms with E-state index in [1.807, 2.05) is 0 Å². The molecule has 0 radical (unpaired) electrons. The maximum absolute atomic E-state index is 12.1. The summed E-state index contributed by atoms with van der Waals surface area (Å²) in [7, 11) is 0. The van der Waals surface area contributed by atoms with Crippen LogP contribution in [0.1, 0.15) is 71.6 Å². The highest BCUT2D eigenvalue weighted by Crippen LogP contribution is 2.40. The summed E-state index contributed by atoms with van der Waals surface area (Å²) in [5.41, 5.74) is 0.294. The lowest BCUT2D eigenvalue weighted by Gasteiger charge is -2.31. The van der Waals surface area contributed by atoms with Gasteiger partial charge in [0.2, 0.25) is 5.91 Å². The molecule has 0 aromatic rings. The highest BCUT2D eigenvalue weighted by atomic mass is 16.1. The first kappa shape index (κ1) is 12.9. The summed E-state index contributed by atoms with van der Waals surface area (Å²) in [6.45, 7) is 4.56. The summed E-state index contributed by atoms with van der Waals surface area (Å²) in [4.78, 5) is 12.1. The molecule has 2 heteroatoms. The van der Waals surface area contributed by atoms with E-state index in [0.717, 1.165) is 6.42 Å². The number of carbonyl (C=O) groups is 1. The summed E-state index contributed by atoms with van der Waals surface area (Å²) in [5.74, 6) is 0.970. The molecule has 2 aliphatic carbocycles. The van der Waals surface area contributed by atoms with Gasteiger partial charge in [-0.05, 0) is 37.0 Å². The zero-order chi connectivity index (χ0) is 12.3. The van der Waals surface area contributed by atoms with E-state index in [1.54, 1.807) is 0 Å². The van der Waals surface area contributed by atoms with Crippen molar-refractivity contribution < 1.29 is 4.79 Å². The van der Waals surface area contributed by atoms with Gasteiger partial charge in [0.15, 0.2) is 0 Å². The molecule has 0 saturated heterocycles. The molecular formula is C15H27NO. The second-order valence-electron chi connectivity index (χ2n) is 6.63. The second-order valence-corrected chi connectivity index (χ2v) is 6.63. The van der Waals surface area contributed by atoms with Crippen molar-refractivity contribution in [1.29, 1.82) is 0 Å². The van der Waals surface area contributed by atoms with Crippen molar-refractivity contribution in [3.05, 3.63) is 0 Å². The molecule has 0 spiro atoms. The largest absolute Gasteiger partial charge is 0.353 e. The number of hydrogen-bond acceptors (Lipinski definition) is 1. The van der Waals surface area contributed by atoms with Gasteiger partial charge in [-0.25, -0.2) is 0 Å². The first-order valence-electron chi connectivity index (χ1n) is 7.38. The van der Waals surface area contributed by atoms with Gasteiger partial charge in [-0.1, -0.05) is 39.5 Å². The first-order chi connectivity index (χ1) is 8.09. The summed E-state index contributed by atoms with van der Waals surface area (Å²) < 4.78 is 0. The predicted molar refractivity (Wildman–Crippen MR) is 70.8 cm³/mol. The third-order valence-corrected chi connectivity index (χ3v) is 4.86. The van der Waals surface area contributed by atoms with Gasteiger partial charge >= 0.3 is 0 Å². The number of rotatable bonds is 3. The van der Waals surface area contributed by atoms with Gasteiger partial charge in [0.25, 0.3) is 0 Å².